The van der Waals surface area contributed by atoms with Crippen molar-refractivity contribution >= 4 is 23.2 Å². The highest BCUT2D eigenvalue weighted by molar-refractivity contribution is 5.95. The molecule has 5 heteroatoms. The summed E-state index contributed by atoms with van der Waals surface area (Å²) >= 11 is 0. The minimum absolute atomic E-state index is 0.0425. The van der Waals surface area contributed by atoms with Crippen LogP contribution in [0.5, 0.6) is 5.75 Å². The molecule has 2 amide bonds. The number of carbonyl (C=O) groups is 2. The molecule has 2 rings (SSSR count). The van der Waals surface area contributed by atoms with Gasteiger partial charge in [0.1, 0.15) is 5.75 Å². The zero-order chi connectivity index (χ0) is 18.2. The normalized spacial score (nSPS) is 11.7. The van der Waals surface area contributed by atoms with Crippen LogP contribution < -0.4 is 15.4 Å². The molecule has 0 aliphatic rings. The number of rotatable bonds is 7. The van der Waals surface area contributed by atoms with E-state index in [1.165, 1.54) is 0 Å². The van der Waals surface area contributed by atoms with Crippen molar-refractivity contribution in [2.24, 2.45) is 5.92 Å². The fourth-order valence-electron chi connectivity index (χ4n) is 2.13. The zero-order valence-electron chi connectivity index (χ0n) is 14.8. The lowest BCUT2D eigenvalue weighted by Crippen LogP contribution is -2.32. The van der Waals surface area contributed by atoms with Crippen LogP contribution in [0.3, 0.4) is 0 Å². The van der Waals surface area contributed by atoms with E-state index in [1.807, 2.05) is 51.1 Å². The molecular formula is C20H24N2O3. The van der Waals surface area contributed by atoms with E-state index in [2.05, 4.69) is 10.6 Å². The topological polar surface area (TPSA) is 67.4 Å². The Hall–Kier alpha value is -2.82. The lowest BCUT2D eigenvalue weighted by Gasteiger charge is -2.17. The lowest BCUT2D eigenvalue weighted by atomic mass is 10.2. The molecule has 0 aliphatic heterocycles. The molecule has 0 radical (unpaired) electrons. The Bertz CT molecular complexity index is 697. The van der Waals surface area contributed by atoms with Crippen LogP contribution >= 0.6 is 0 Å². The van der Waals surface area contributed by atoms with E-state index in [0.717, 1.165) is 0 Å². The van der Waals surface area contributed by atoms with E-state index in [-0.39, 0.29) is 17.7 Å². The van der Waals surface area contributed by atoms with Gasteiger partial charge in [-0.15, -0.1) is 0 Å². The van der Waals surface area contributed by atoms with E-state index < -0.39 is 6.10 Å². The van der Waals surface area contributed by atoms with Crippen molar-refractivity contribution in [1.82, 2.24) is 0 Å². The van der Waals surface area contributed by atoms with Gasteiger partial charge in [0.15, 0.2) is 6.10 Å². The van der Waals surface area contributed by atoms with E-state index in [4.69, 9.17) is 4.74 Å². The monoisotopic (exact) mass is 340 g/mol. The standard InChI is InChI=1S/C20H24N2O3/c1-4-18(25-17-8-6-5-7-9-17)20(24)22-16-12-10-15(11-13-16)21-19(23)14(2)3/h5-14,18H,4H2,1-3H3,(H,21,23)(H,22,24). The van der Waals surface area contributed by atoms with Gasteiger partial charge >= 0.3 is 0 Å². The maximum atomic E-state index is 12.4. The molecule has 0 saturated heterocycles. The van der Waals surface area contributed by atoms with Crippen LogP contribution in [0.4, 0.5) is 11.4 Å². The first-order valence-corrected chi connectivity index (χ1v) is 8.43. The highest BCUT2D eigenvalue weighted by Gasteiger charge is 2.18. The third-order valence-corrected chi connectivity index (χ3v) is 3.63. The zero-order valence-corrected chi connectivity index (χ0v) is 14.8. The van der Waals surface area contributed by atoms with Gasteiger partial charge in [-0.3, -0.25) is 9.59 Å². The number of hydrogen-bond acceptors (Lipinski definition) is 3. The van der Waals surface area contributed by atoms with Gasteiger partial charge in [0, 0.05) is 17.3 Å². The molecule has 0 bridgehead atoms. The first kappa shape index (κ1) is 18.5. The quantitative estimate of drug-likeness (QED) is 0.798. The summed E-state index contributed by atoms with van der Waals surface area (Å²) < 4.78 is 5.73. The van der Waals surface area contributed by atoms with Gasteiger partial charge in [-0.25, -0.2) is 0 Å². The fourth-order valence-corrected chi connectivity index (χ4v) is 2.13. The summed E-state index contributed by atoms with van der Waals surface area (Å²) in [6, 6.07) is 16.3. The maximum absolute atomic E-state index is 12.4. The Morgan fingerprint density at radius 2 is 1.40 bits per heavy atom. The number of benzene rings is 2. The average Bonchev–Trinajstić information content (AvgIpc) is 2.62. The third-order valence-electron chi connectivity index (χ3n) is 3.63. The maximum Gasteiger partial charge on any atom is 0.265 e. The van der Waals surface area contributed by atoms with Crippen molar-refractivity contribution in [3.63, 3.8) is 0 Å². The molecule has 1 unspecified atom stereocenters. The molecule has 0 fully saturated rings. The van der Waals surface area contributed by atoms with Gasteiger partial charge in [0.05, 0.1) is 0 Å². The van der Waals surface area contributed by atoms with Gasteiger partial charge in [-0.1, -0.05) is 39.0 Å². The van der Waals surface area contributed by atoms with Crippen LogP contribution in [0.25, 0.3) is 0 Å². The molecular weight excluding hydrogens is 316 g/mol. The van der Waals surface area contributed by atoms with Crippen molar-refractivity contribution in [1.29, 1.82) is 0 Å². The van der Waals surface area contributed by atoms with Crippen molar-refractivity contribution in [2.45, 2.75) is 33.3 Å². The second-order valence-corrected chi connectivity index (χ2v) is 6.04. The Balaban J connectivity index is 1.95. The number of nitrogens with one attached hydrogen (secondary N) is 2. The van der Waals surface area contributed by atoms with Crippen LogP contribution in [0.15, 0.2) is 54.6 Å². The number of ether oxygens (including phenoxy) is 1. The smallest absolute Gasteiger partial charge is 0.265 e. The van der Waals surface area contributed by atoms with Crippen molar-refractivity contribution in [2.75, 3.05) is 10.6 Å². The van der Waals surface area contributed by atoms with Crippen LogP contribution in [0.1, 0.15) is 27.2 Å². The Labute approximate surface area is 148 Å². The van der Waals surface area contributed by atoms with Gasteiger partial charge in [0.25, 0.3) is 5.91 Å². The largest absolute Gasteiger partial charge is 0.481 e. The van der Waals surface area contributed by atoms with Gasteiger partial charge in [-0.2, -0.15) is 0 Å². The van der Waals surface area contributed by atoms with Gasteiger partial charge < -0.3 is 15.4 Å². The Morgan fingerprint density at radius 3 is 1.88 bits per heavy atom. The summed E-state index contributed by atoms with van der Waals surface area (Å²) in [5.74, 6) is 0.334. The molecule has 1 atom stereocenters. The SMILES string of the molecule is CCC(Oc1ccccc1)C(=O)Nc1ccc(NC(=O)C(C)C)cc1. The van der Waals surface area contributed by atoms with E-state index >= 15 is 0 Å². The van der Waals surface area contributed by atoms with Crippen molar-refractivity contribution < 1.29 is 14.3 Å². The highest BCUT2D eigenvalue weighted by Crippen LogP contribution is 2.17. The first-order valence-electron chi connectivity index (χ1n) is 8.43. The summed E-state index contributed by atoms with van der Waals surface area (Å²) in [5, 5.41) is 5.65. The lowest BCUT2D eigenvalue weighted by molar-refractivity contribution is -0.123. The fraction of sp³-hybridized carbons (Fsp3) is 0.300. The molecule has 0 saturated carbocycles. The summed E-state index contributed by atoms with van der Waals surface area (Å²) in [6.07, 6.45) is -0.00814. The van der Waals surface area contributed by atoms with Gasteiger partial charge in [-0.05, 0) is 42.8 Å². The second-order valence-electron chi connectivity index (χ2n) is 6.04. The molecule has 0 aromatic heterocycles. The van der Waals surface area contributed by atoms with E-state index in [9.17, 15) is 9.59 Å². The van der Waals surface area contributed by atoms with Crippen molar-refractivity contribution in [3.8, 4) is 5.75 Å². The molecule has 132 valence electrons. The summed E-state index contributed by atoms with van der Waals surface area (Å²) in [5.41, 5.74) is 1.35. The number of para-hydroxylation sites is 1. The Morgan fingerprint density at radius 1 is 0.880 bits per heavy atom. The highest BCUT2D eigenvalue weighted by atomic mass is 16.5. The van der Waals surface area contributed by atoms with E-state index in [1.54, 1.807) is 24.3 Å². The summed E-state index contributed by atoms with van der Waals surface area (Å²) in [7, 11) is 0. The molecule has 0 heterocycles. The Kier molecular flexibility index (Phi) is 6.57. The molecule has 2 aromatic rings. The van der Waals surface area contributed by atoms with Crippen LogP contribution in [0.2, 0.25) is 0 Å². The molecule has 0 aliphatic carbocycles. The second kappa shape index (κ2) is 8.87. The predicted molar refractivity (Wildman–Crippen MR) is 99.7 cm³/mol. The molecule has 25 heavy (non-hydrogen) atoms. The minimum Gasteiger partial charge on any atom is -0.481 e. The predicted octanol–water partition coefficient (Wildman–Crippen LogP) is 4.08. The number of amides is 2. The van der Waals surface area contributed by atoms with Gasteiger partial charge in [0.2, 0.25) is 5.91 Å². The molecule has 0 spiro atoms. The average molecular weight is 340 g/mol. The van der Waals surface area contributed by atoms with E-state index in [0.29, 0.717) is 23.5 Å². The van der Waals surface area contributed by atoms with Crippen LogP contribution in [-0.4, -0.2) is 17.9 Å². The molecule has 2 N–H and O–H groups in total. The first-order chi connectivity index (χ1) is 12.0. The van der Waals surface area contributed by atoms with Crippen LogP contribution in [0, 0.1) is 5.92 Å². The third kappa shape index (κ3) is 5.64. The summed E-state index contributed by atoms with van der Waals surface area (Å²) in [4.78, 5) is 24.1. The number of anilines is 2. The number of carbonyl (C=O) groups excluding carboxylic acids is 2. The van der Waals surface area contributed by atoms with Crippen LogP contribution in [-0.2, 0) is 9.59 Å². The summed E-state index contributed by atoms with van der Waals surface area (Å²) in [6.45, 7) is 5.57. The van der Waals surface area contributed by atoms with Crippen molar-refractivity contribution in [3.05, 3.63) is 54.6 Å². The number of hydrogen-bond donors (Lipinski definition) is 2. The minimum atomic E-state index is -0.567. The molecule has 5 nitrogen and oxygen atoms in total. The molecule has 2 aromatic carbocycles.